The first-order valence-electron chi connectivity index (χ1n) is 9.44. The van der Waals surface area contributed by atoms with E-state index in [1.54, 1.807) is 4.52 Å². The summed E-state index contributed by atoms with van der Waals surface area (Å²) in [5, 5.41) is 24.6. The van der Waals surface area contributed by atoms with Gasteiger partial charge in [0.05, 0.1) is 23.3 Å². The Bertz CT molecular complexity index is 806. The van der Waals surface area contributed by atoms with Crippen LogP contribution in [0.2, 0.25) is 0 Å². The van der Waals surface area contributed by atoms with Crippen LogP contribution >= 0.6 is 12.2 Å². The van der Waals surface area contributed by atoms with Gasteiger partial charge in [-0.25, -0.2) is 4.98 Å². The first-order valence-corrected chi connectivity index (χ1v) is 9.84. The van der Waals surface area contributed by atoms with E-state index in [2.05, 4.69) is 34.9 Å². The molecule has 1 saturated heterocycles. The molecule has 2 aromatic heterocycles. The third kappa shape index (κ3) is 4.48. The standard InChI is InChI=1S/C18H29N7OS/c1-10(2)13-8-22-25-16(23-11(3)17(19)27)6-15(24-18(13)25)21-7-12-4-5-20-9-14(12)26/h6,8,10-12,14,20,23,26H,4-5,7,9H2,1-3H3,(H2,19,27)(H,21,24)/t11-,12+,14-/m0/s1. The molecule has 2 aromatic rings. The number of aliphatic hydroxyl groups is 1. The number of piperidine rings is 1. The van der Waals surface area contributed by atoms with Gasteiger partial charge in [-0.1, -0.05) is 26.1 Å². The molecular weight excluding hydrogens is 362 g/mol. The van der Waals surface area contributed by atoms with Crippen molar-refractivity contribution in [3.8, 4) is 0 Å². The highest BCUT2D eigenvalue weighted by Gasteiger charge is 2.23. The highest BCUT2D eigenvalue weighted by molar-refractivity contribution is 7.80. The normalized spacial score (nSPS) is 21.4. The van der Waals surface area contributed by atoms with Crippen LogP contribution in [0.25, 0.3) is 5.65 Å². The molecule has 9 heteroatoms. The summed E-state index contributed by atoms with van der Waals surface area (Å²) < 4.78 is 1.79. The molecule has 0 aliphatic carbocycles. The van der Waals surface area contributed by atoms with E-state index in [1.807, 2.05) is 19.2 Å². The monoisotopic (exact) mass is 391 g/mol. The quantitative estimate of drug-likeness (QED) is 0.449. The van der Waals surface area contributed by atoms with Crippen LogP contribution in [0, 0.1) is 5.92 Å². The minimum absolute atomic E-state index is 0.170. The molecule has 1 aliphatic rings. The maximum absolute atomic E-state index is 10.2. The van der Waals surface area contributed by atoms with Crippen molar-refractivity contribution in [1.82, 2.24) is 19.9 Å². The average molecular weight is 392 g/mol. The number of nitrogens with zero attached hydrogens (tertiary/aromatic N) is 3. The van der Waals surface area contributed by atoms with Crippen molar-refractivity contribution in [2.75, 3.05) is 30.3 Å². The maximum Gasteiger partial charge on any atom is 0.163 e. The maximum atomic E-state index is 10.2. The minimum atomic E-state index is -0.344. The van der Waals surface area contributed by atoms with Crippen LogP contribution in [0.3, 0.4) is 0 Å². The van der Waals surface area contributed by atoms with Crippen molar-refractivity contribution in [2.45, 2.75) is 45.3 Å². The highest BCUT2D eigenvalue weighted by Crippen LogP contribution is 2.25. The Morgan fingerprint density at radius 1 is 1.48 bits per heavy atom. The molecule has 148 valence electrons. The predicted octanol–water partition coefficient (Wildman–Crippen LogP) is 1.32. The van der Waals surface area contributed by atoms with Crippen molar-refractivity contribution < 1.29 is 5.11 Å². The molecular formula is C18H29N7OS. The van der Waals surface area contributed by atoms with Crippen molar-refractivity contribution in [2.24, 2.45) is 11.7 Å². The number of hydrogen-bond donors (Lipinski definition) is 5. The predicted molar refractivity (Wildman–Crippen MR) is 112 cm³/mol. The van der Waals surface area contributed by atoms with Gasteiger partial charge in [-0.3, -0.25) is 0 Å². The number of nitrogens with two attached hydrogens (primary N) is 1. The first-order chi connectivity index (χ1) is 12.9. The average Bonchev–Trinajstić information content (AvgIpc) is 3.05. The Kier molecular flexibility index (Phi) is 6.13. The number of hydrogen-bond acceptors (Lipinski definition) is 7. The topological polar surface area (TPSA) is 113 Å². The smallest absolute Gasteiger partial charge is 0.163 e. The van der Waals surface area contributed by atoms with E-state index >= 15 is 0 Å². The van der Waals surface area contributed by atoms with E-state index in [1.165, 1.54) is 0 Å². The summed E-state index contributed by atoms with van der Waals surface area (Å²) >= 11 is 5.09. The molecule has 0 radical (unpaired) electrons. The van der Waals surface area contributed by atoms with E-state index in [4.69, 9.17) is 22.9 Å². The summed E-state index contributed by atoms with van der Waals surface area (Å²) in [4.78, 5) is 5.16. The van der Waals surface area contributed by atoms with Crippen molar-refractivity contribution in [1.29, 1.82) is 0 Å². The zero-order valence-electron chi connectivity index (χ0n) is 16.1. The number of β-amino-alcohol motifs (C(OH)–C–C–N with tert-alkyl or cyclic N) is 1. The molecule has 1 fully saturated rings. The van der Waals surface area contributed by atoms with Crippen molar-refractivity contribution in [3.63, 3.8) is 0 Å². The SMILES string of the molecule is CC(C)c1cnn2c(N[C@@H](C)C(N)=S)cc(NC[C@H]3CCNC[C@@H]3O)nc12. The number of thiocarbonyl (C=S) groups is 1. The zero-order chi connectivity index (χ0) is 19.6. The lowest BCUT2D eigenvalue weighted by atomic mass is 9.95. The van der Waals surface area contributed by atoms with E-state index in [9.17, 15) is 5.11 Å². The van der Waals surface area contributed by atoms with Crippen molar-refractivity contribution in [3.05, 3.63) is 17.8 Å². The third-order valence-electron chi connectivity index (χ3n) is 5.05. The Labute approximate surface area is 164 Å². The molecule has 0 spiro atoms. The van der Waals surface area contributed by atoms with Crippen LogP contribution in [0.4, 0.5) is 11.6 Å². The fourth-order valence-corrected chi connectivity index (χ4v) is 3.30. The van der Waals surface area contributed by atoms with Gasteiger partial charge in [-0.2, -0.15) is 9.61 Å². The summed E-state index contributed by atoms with van der Waals surface area (Å²) in [6.07, 6.45) is 2.44. The van der Waals surface area contributed by atoms with Crippen molar-refractivity contribution >= 4 is 34.5 Å². The minimum Gasteiger partial charge on any atom is -0.392 e. The lowest BCUT2D eigenvalue weighted by Gasteiger charge is -2.28. The Morgan fingerprint density at radius 3 is 2.93 bits per heavy atom. The zero-order valence-corrected chi connectivity index (χ0v) is 16.9. The van der Waals surface area contributed by atoms with Crippen LogP contribution in [-0.2, 0) is 0 Å². The van der Waals surface area contributed by atoms with Crippen LogP contribution in [0.1, 0.15) is 38.7 Å². The fraction of sp³-hybridized carbons (Fsp3) is 0.611. The number of aromatic nitrogens is 3. The van der Waals surface area contributed by atoms with Crippen LogP contribution in [0.15, 0.2) is 12.3 Å². The molecule has 8 nitrogen and oxygen atoms in total. The van der Waals surface area contributed by atoms with E-state index in [0.717, 1.165) is 35.8 Å². The van der Waals surface area contributed by atoms with Gasteiger partial charge in [0.25, 0.3) is 0 Å². The molecule has 3 heterocycles. The molecule has 0 aromatic carbocycles. The summed E-state index contributed by atoms with van der Waals surface area (Å²) in [6, 6.07) is 1.74. The summed E-state index contributed by atoms with van der Waals surface area (Å²) in [7, 11) is 0. The number of rotatable bonds is 7. The summed E-state index contributed by atoms with van der Waals surface area (Å²) in [5.74, 6) is 2.02. The molecule has 3 atom stereocenters. The Hall–Kier alpha value is -1.97. The Balaban J connectivity index is 1.89. The van der Waals surface area contributed by atoms with Gasteiger partial charge >= 0.3 is 0 Å². The van der Waals surface area contributed by atoms with Gasteiger partial charge in [0.2, 0.25) is 0 Å². The van der Waals surface area contributed by atoms with Crippen LogP contribution in [-0.4, -0.2) is 56.5 Å². The van der Waals surface area contributed by atoms with Gasteiger partial charge in [0, 0.05) is 30.6 Å². The van der Waals surface area contributed by atoms with Gasteiger partial charge in [0.1, 0.15) is 11.6 Å². The summed E-state index contributed by atoms with van der Waals surface area (Å²) in [6.45, 7) is 8.39. The van der Waals surface area contributed by atoms with Gasteiger partial charge in [-0.05, 0) is 25.8 Å². The second-order valence-electron chi connectivity index (χ2n) is 7.49. The number of nitrogens with one attached hydrogen (secondary N) is 3. The molecule has 27 heavy (non-hydrogen) atoms. The van der Waals surface area contributed by atoms with Gasteiger partial charge in [-0.15, -0.1) is 0 Å². The molecule has 0 unspecified atom stereocenters. The molecule has 1 aliphatic heterocycles. The fourth-order valence-electron chi connectivity index (χ4n) is 3.24. The van der Waals surface area contributed by atoms with Gasteiger partial charge < -0.3 is 26.8 Å². The summed E-state index contributed by atoms with van der Waals surface area (Å²) in [5.41, 5.74) is 7.64. The molecule has 6 N–H and O–H groups in total. The molecule has 3 rings (SSSR count). The third-order valence-corrected chi connectivity index (χ3v) is 5.40. The molecule has 0 bridgehead atoms. The van der Waals surface area contributed by atoms with Crippen LogP contribution in [0.5, 0.6) is 0 Å². The molecule has 0 saturated carbocycles. The Morgan fingerprint density at radius 2 is 2.26 bits per heavy atom. The van der Waals surface area contributed by atoms with E-state index in [0.29, 0.717) is 24.0 Å². The molecule has 0 amide bonds. The second kappa shape index (κ2) is 8.37. The number of anilines is 2. The lowest BCUT2D eigenvalue weighted by Crippen LogP contribution is -2.43. The van der Waals surface area contributed by atoms with E-state index < -0.39 is 0 Å². The lowest BCUT2D eigenvalue weighted by molar-refractivity contribution is 0.0883. The first kappa shape index (κ1) is 19.8. The second-order valence-corrected chi connectivity index (χ2v) is 7.96. The number of fused-ring (bicyclic) bond motifs is 1. The van der Waals surface area contributed by atoms with E-state index in [-0.39, 0.29) is 18.1 Å². The number of aliphatic hydroxyl groups excluding tert-OH is 1. The highest BCUT2D eigenvalue weighted by atomic mass is 32.1. The largest absolute Gasteiger partial charge is 0.392 e. The van der Waals surface area contributed by atoms with Crippen LogP contribution < -0.4 is 21.7 Å². The van der Waals surface area contributed by atoms with Gasteiger partial charge in [0.15, 0.2) is 5.65 Å².